The summed E-state index contributed by atoms with van der Waals surface area (Å²) in [5.41, 5.74) is 6.45. The van der Waals surface area contributed by atoms with Crippen LogP contribution in [0.1, 0.15) is 15.9 Å². The van der Waals surface area contributed by atoms with Crippen molar-refractivity contribution in [3.8, 4) is 11.5 Å². The zero-order chi connectivity index (χ0) is 11.6. The lowest BCUT2D eigenvalue weighted by molar-refractivity contribution is 0.0600. The van der Waals surface area contributed by atoms with E-state index < -0.39 is 5.97 Å². The van der Waals surface area contributed by atoms with Gasteiger partial charge in [0.1, 0.15) is 0 Å². The summed E-state index contributed by atoms with van der Waals surface area (Å²) >= 11 is 0. The molecule has 0 spiro atoms. The number of nitrogens with two attached hydrogens (primary N) is 1. The van der Waals surface area contributed by atoms with Crippen molar-refractivity contribution in [1.82, 2.24) is 0 Å². The number of methoxy groups -OCH3 is 2. The van der Waals surface area contributed by atoms with Gasteiger partial charge >= 0.3 is 5.97 Å². The Morgan fingerprint density at radius 1 is 1.47 bits per heavy atom. The summed E-state index contributed by atoms with van der Waals surface area (Å²) in [7, 11) is 2.67. The van der Waals surface area contributed by atoms with Gasteiger partial charge in [0.15, 0.2) is 11.5 Å². The van der Waals surface area contributed by atoms with E-state index in [9.17, 15) is 9.90 Å². The monoisotopic (exact) mass is 211 g/mol. The minimum absolute atomic E-state index is 0.0971. The topological polar surface area (TPSA) is 81.8 Å². The molecule has 0 amide bonds. The first-order valence-electron chi connectivity index (χ1n) is 4.27. The lowest BCUT2D eigenvalue weighted by atomic mass is 10.0. The highest BCUT2D eigenvalue weighted by atomic mass is 16.5. The summed E-state index contributed by atoms with van der Waals surface area (Å²) in [5.74, 6) is -0.423. The maximum absolute atomic E-state index is 11.4. The number of carbonyl (C=O) groups is 1. The minimum atomic E-state index is -0.552. The summed E-state index contributed by atoms with van der Waals surface area (Å²) in [6.45, 7) is 1.63. The maximum atomic E-state index is 11.4. The van der Waals surface area contributed by atoms with Crippen LogP contribution in [0.2, 0.25) is 0 Å². The van der Waals surface area contributed by atoms with Crippen LogP contribution in [-0.2, 0) is 4.74 Å². The second kappa shape index (κ2) is 4.08. The van der Waals surface area contributed by atoms with Crippen molar-refractivity contribution in [3.63, 3.8) is 0 Å². The van der Waals surface area contributed by atoms with Crippen LogP contribution in [0.5, 0.6) is 11.5 Å². The number of anilines is 1. The molecule has 3 N–H and O–H groups in total. The van der Waals surface area contributed by atoms with E-state index in [-0.39, 0.29) is 22.7 Å². The number of aromatic hydroxyl groups is 1. The lowest BCUT2D eigenvalue weighted by Gasteiger charge is -2.12. The Morgan fingerprint density at radius 2 is 2.07 bits per heavy atom. The molecule has 15 heavy (non-hydrogen) atoms. The Hall–Kier alpha value is -1.91. The van der Waals surface area contributed by atoms with Gasteiger partial charge in [-0.05, 0) is 6.92 Å². The number of ether oxygens (including phenoxy) is 2. The molecule has 0 heterocycles. The second-order valence-electron chi connectivity index (χ2n) is 3.01. The molecule has 5 nitrogen and oxygen atoms in total. The first-order valence-corrected chi connectivity index (χ1v) is 4.27. The fourth-order valence-electron chi connectivity index (χ4n) is 1.44. The van der Waals surface area contributed by atoms with Gasteiger partial charge in [-0.2, -0.15) is 0 Å². The van der Waals surface area contributed by atoms with Crippen LogP contribution in [0.25, 0.3) is 0 Å². The van der Waals surface area contributed by atoms with E-state index in [1.807, 2.05) is 0 Å². The van der Waals surface area contributed by atoms with Gasteiger partial charge in [0.2, 0.25) is 0 Å². The Kier molecular flexibility index (Phi) is 3.04. The number of benzene rings is 1. The number of hydrogen-bond acceptors (Lipinski definition) is 5. The molecule has 0 aromatic heterocycles. The molecule has 0 atom stereocenters. The number of rotatable bonds is 2. The van der Waals surface area contributed by atoms with Crippen molar-refractivity contribution in [3.05, 3.63) is 17.2 Å². The highest BCUT2D eigenvalue weighted by Gasteiger charge is 2.19. The van der Waals surface area contributed by atoms with Crippen LogP contribution in [0.15, 0.2) is 6.07 Å². The third-order valence-corrected chi connectivity index (χ3v) is 2.12. The van der Waals surface area contributed by atoms with E-state index in [4.69, 9.17) is 10.5 Å². The molecule has 0 bridgehead atoms. The van der Waals surface area contributed by atoms with E-state index in [2.05, 4.69) is 4.74 Å². The molecule has 82 valence electrons. The zero-order valence-electron chi connectivity index (χ0n) is 8.83. The molecule has 0 saturated heterocycles. The van der Waals surface area contributed by atoms with Crippen LogP contribution in [0.3, 0.4) is 0 Å². The standard InChI is InChI=1S/C10H13NO4/c1-5-8(10(13)15-3)6(11)4-7(12)9(5)14-2/h4,12H,11H2,1-3H3. The highest BCUT2D eigenvalue weighted by molar-refractivity contribution is 5.98. The van der Waals surface area contributed by atoms with Gasteiger partial charge in [0, 0.05) is 11.6 Å². The van der Waals surface area contributed by atoms with Crippen LogP contribution < -0.4 is 10.5 Å². The van der Waals surface area contributed by atoms with Crippen LogP contribution in [-0.4, -0.2) is 25.3 Å². The Bertz CT molecular complexity index is 401. The molecular weight excluding hydrogens is 198 g/mol. The molecule has 0 unspecified atom stereocenters. The third kappa shape index (κ3) is 1.81. The van der Waals surface area contributed by atoms with Gasteiger partial charge < -0.3 is 20.3 Å². The number of nitrogen functional groups attached to an aromatic ring is 1. The summed E-state index contributed by atoms with van der Waals surface area (Å²) in [6.07, 6.45) is 0. The third-order valence-electron chi connectivity index (χ3n) is 2.12. The van der Waals surface area contributed by atoms with Gasteiger partial charge in [-0.15, -0.1) is 0 Å². The zero-order valence-corrected chi connectivity index (χ0v) is 8.83. The second-order valence-corrected chi connectivity index (χ2v) is 3.01. The van der Waals surface area contributed by atoms with Crippen molar-refractivity contribution in [2.75, 3.05) is 20.0 Å². The van der Waals surface area contributed by atoms with Crippen LogP contribution in [0.4, 0.5) is 5.69 Å². The Morgan fingerprint density at radius 3 is 2.53 bits per heavy atom. The Balaban J connectivity index is 3.45. The van der Waals surface area contributed by atoms with Crippen LogP contribution >= 0.6 is 0 Å². The average molecular weight is 211 g/mol. The summed E-state index contributed by atoms with van der Waals surface area (Å²) < 4.78 is 9.53. The van der Waals surface area contributed by atoms with Crippen molar-refractivity contribution >= 4 is 11.7 Å². The van der Waals surface area contributed by atoms with E-state index in [1.54, 1.807) is 6.92 Å². The molecule has 1 aromatic rings. The largest absolute Gasteiger partial charge is 0.504 e. The molecule has 0 aliphatic rings. The predicted molar refractivity (Wildman–Crippen MR) is 55.1 cm³/mol. The fourth-order valence-corrected chi connectivity index (χ4v) is 1.44. The molecule has 1 rings (SSSR count). The molecular formula is C10H13NO4. The lowest BCUT2D eigenvalue weighted by Crippen LogP contribution is -2.09. The van der Waals surface area contributed by atoms with Crippen molar-refractivity contribution in [2.24, 2.45) is 0 Å². The fraction of sp³-hybridized carbons (Fsp3) is 0.300. The number of phenols is 1. The number of phenolic OH excluding ortho intramolecular Hbond substituents is 1. The summed E-state index contributed by atoms with van der Waals surface area (Å²) in [4.78, 5) is 11.4. The van der Waals surface area contributed by atoms with Crippen LogP contribution in [0, 0.1) is 6.92 Å². The molecule has 0 saturated carbocycles. The summed E-state index contributed by atoms with van der Waals surface area (Å²) in [5, 5.41) is 9.49. The van der Waals surface area contributed by atoms with E-state index in [0.29, 0.717) is 5.56 Å². The van der Waals surface area contributed by atoms with Gasteiger partial charge in [-0.3, -0.25) is 0 Å². The van der Waals surface area contributed by atoms with Gasteiger partial charge in [-0.25, -0.2) is 4.79 Å². The molecule has 0 fully saturated rings. The predicted octanol–water partition coefficient (Wildman–Crippen LogP) is 1.08. The highest BCUT2D eigenvalue weighted by Crippen LogP contribution is 2.35. The number of hydrogen-bond donors (Lipinski definition) is 2. The summed E-state index contributed by atoms with van der Waals surface area (Å²) in [6, 6.07) is 1.26. The first-order chi connectivity index (χ1) is 7.02. The quantitative estimate of drug-likeness (QED) is 0.565. The maximum Gasteiger partial charge on any atom is 0.340 e. The van der Waals surface area contributed by atoms with Gasteiger partial charge in [0.05, 0.1) is 25.5 Å². The SMILES string of the molecule is COC(=O)c1c(N)cc(O)c(OC)c1C. The van der Waals surface area contributed by atoms with Gasteiger partial charge in [0.25, 0.3) is 0 Å². The molecule has 1 aromatic carbocycles. The average Bonchev–Trinajstić information content (AvgIpc) is 2.17. The van der Waals surface area contributed by atoms with E-state index in [0.717, 1.165) is 0 Å². The van der Waals surface area contributed by atoms with Gasteiger partial charge in [-0.1, -0.05) is 0 Å². The smallest absolute Gasteiger partial charge is 0.340 e. The normalized spacial score (nSPS) is 9.80. The Labute approximate surface area is 87.4 Å². The van der Waals surface area contributed by atoms with E-state index in [1.165, 1.54) is 20.3 Å². The van der Waals surface area contributed by atoms with E-state index >= 15 is 0 Å². The molecule has 5 heteroatoms. The molecule has 0 aliphatic carbocycles. The minimum Gasteiger partial charge on any atom is -0.504 e. The molecule has 0 aliphatic heterocycles. The number of esters is 1. The van der Waals surface area contributed by atoms with Crippen molar-refractivity contribution in [2.45, 2.75) is 6.92 Å². The van der Waals surface area contributed by atoms with Crippen molar-refractivity contribution in [1.29, 1.82) is 0 Å². The molecule has 0 radical (unpaired) electrons. The first kappa shape index (κ1) is 11.2. The number of carbonyl (C=O) groups excluding carboxylic acids is 1. The van der Waals surface area contributed by atoms with Crippen molar-refractivity contribution < 1.29 is 19.4 Å².